The fraction of sp³-hybridized carbons (Fsp3) is 0.417. The van der Waals surface area contributed by atoms with Crippen LogP contribution in [0.5, 0.6) is 5.75 Å². The lowest BCUT2D eigenvalue weighted by Gasteiger charge is -2.16. The number of nitrogens with one attached hydrogen (secondary N) is 2. The fourth-order valence-corrected chi connectivity index (χ4v) is 1.93. The summed E-state index contributed by atoms with van der Waals surface area (Å²) in [4.78, 5) is 0. The van der Waals surface area contributed by atoms with E-state index < -0.39 is 0 Å². The van der Waals surface area contributed by atoms with E-state index in [0.717, 1.165) is 30.9 Å². The monoisotopic (exact) mass is 217 g/mol. The molecule has 4 heteroatoms. The number of rotatable bonds is 3. The van der Waals surface area contributed by atoms with Gasteiger partial charge < -0.3 is 15.4 Å². The van der Waals surface area contributed by atoms with Crippen LogP contribution in [0.1, 0.15) is 12.0 Å². The van der Waals surface area contributed by atoms with Gasteiger partial charge in [-0.15, -0.1) is 0 Å². The second kappa shape index (κ2) is 4.86. The van der Waals surface area contributed by atoms with Crippen LogP contribution in [0.25, 0.3) is 0 Å². The highest BCUT2D eigenvalue weighted by Gasteiger charge is 2.17. The number of hydrogen-bond donors (Lipinski definition) is 2. The SMILES string of the molecule is COc1cccc(C#N)c1NC1CCNC1. The summed E-state index contributed by atoms with van der Waals surface area (Å²) in [6.45, 7) is 1.96. The Balaban J connectivity index is 2.26. The van der Waals surface area contributed by atoms with Crippen molar-refractivity contribution in [1.29, 1.82) is 5.26 Å². The first kappa shape index (κ1) is 10.8. The number of benzene rings is 1. The van der Waals surface area contributed by atoms with Crippen LogP contribution >= 0.6 is 0 Å². The van der Waals surface area contributed by atoms with Crippen LogP contribution in [-0.4, -0.2) is 26.2 Å². The van der Waals surface area contributed by atoms with Crippen LogP contribution in [0.4, 0.5) is 5.69 Å². The highest BCUT2D eigenvalue weighted by atomic mass is 16.5. The van der Waals surface area contributed by atoms with E-state index in [1.165, 1.54) is 0 Å². The molecule has 2 N–H and O–H groups in total. The zero-order chi connectivity index (χ0) is 11.4. The number of nitriles is 1. The summed E-state index contributed by atoms with van der Waals surface area (Å²) in [7, 11) is 1.62. The van der Waals surface area contributed by atoms with Crippen molar-refractivity contribution < 1.29 is 4.74 Å². The number of anilines is 1. The zero-order valence-corrected chi connectivity index (χ0v) is 9.29. The van der Waals surface area contributed by atoms with E-state index in [0.29, 0.717) is 11.6 Å². The van der Waals surface area contributed by atoms with Gasteiger partial charge in [-0.05, 0) is 25.1 Å². The first-order chi connectivity index (χ1) is 7.85. The molecule has 0 bridgehead atoms. The summed E-state index contributed by atoms with van der Waals surface area (Å²) in [5, 5.41) is 15.7. The van der Waals surface area contributed by atoms with Crippen LogP contribution in [0, 0.1) is 11.3 Å². The van der Waals surface area contributed by atoms with Crippen LogP contribution < -0.4 is 15.4 Å². The van der Waals surface area contributed by atoms with Crippen molar-refractivity contribution in [2.45, 2.75) is 12.5 Å². The smallest absolute Gasteiger partial charge is 0.143 e. The first-order valence-corrected chi connectivity index (χ1v) is 5.39. The Bertz CT molecular complexity index is 405. The van der Waals surface area contributed by atoms with Gasteiger partial charge >= 0.3 is 0 Å². The molecular formula is C12H15N3O. The zero-order valence-electron chi connectivity index (χ0n) is 9.29. The lowest BCUT2D eigenvalue weighted by molar-refractivity contribution is 0.416. The van der Waals surface area contributed by atoms with E-state index in [1.807, 2.05) is 12.1 Å². The van der Waals surface area contributed by atoms with Gasteiger partial charge in [0.25, 0.3) is 0 Å². The number of para-hydroxylation sites is 1. The predicted molar refractivity (Wildman–Crippen MR) is 62.6 cm³/mol. The third kappa shape index (κ3) is 2.10. The molecule has 0 aliphatic carbocycles. The van der Waals surface area contributed by atoms with E-state index >= 15 is 0 Å². The molecular weight excluding hydrogens is 202 g/mol. The van der Waals surface area contributed by atoms with Gasteiger partial charge in [0.05, 0.1) is 18.4 Å². The fourth-order valence-electron chi connectivity index (χ4n) is 1.93. The van der Waals surface area contributed by atoms with Crippen LogP contribution in [-0.2, 0) is 0 Å². The Morgan fingerprint density at radius 3 is 3.06 bits per heavy atom. The molecule has 2 rings (SSSR count). The summed E-state index contributed by atoms with van der Waals surface area (Å²) < 4.78 is 5.26. The topological polar surface area (TPSA) is 57.1 Å². The van der Waals surface area contributed by atoms with E-state index in [-0.39, 0.29) is 0 Å². The van der Waals surface area contributed by atoms with Gasteiger partial charge in [-0.1, -0.05) is 6.07 Å². The van der Waals surface area contributed by atoms with Crippen molar-refractivity contribution in [3.05, 3.63) is 23.8 Å². The maximum Gasteiger partial charge on any atom is 0.143 e. The number of ether oxygens (including phenoxy) is 1. The average molecular weight is 217 g/mol. The summed E-state index contributed by atoms with van der Waals surface area (Å²) in [6.07, 6.45) is 1.07. The lowest BCUT2D eigenvalue weighted by Crippen LogP contribution is -2.22. The molecule has 0 aromatic heterocycles. The average Bonchev–Trinajstić information content (AvgIpc) is 2.82. The van der Waals surface area contributed by atoms with Gasteiger partial charge in [0.1, 0.15) is 11.8 Å². The van der Waals surface area contributed by atoms with Gasteiger partial charge in [-0.3, -0.25) is 0 Å². The molecule has 0 amide bonds. The number of methoxy groups -OCH3 is 1. The normalized spacial score (nSPS) is 19.1. The molecule has 1 unspecified atom stereocenters. The van der Waals surface area contributed by atoms with Gasteiger partial charge in [0.15, 0.2) is 0 Å². The molecule has 0 saturated carbocycles. The molecule has 1 aromatic rings. The summed E-state index contributed by atoms with van der Waals surface area (Å²) in [5.41, 5.74) is 1.44. The largest absolute Gasteiger partial charge is 0.495 e. The van der Waals surface area contributed by atoms with Crippen molar-refractivity contribution in [3.8, 4) is 11.8 Å². The van der Waals surface area contributed by atoms with Crippen molar-refractivity contribution in [1.82, 2.24) is 5.32 Å². The maximum absolute atomic E-state index is 9.05. The highest BCUT2D eigenvalue weighted by Crippen LogP contribution is 2.29. The van der Waals surface area contributed by atoms with Gasteiger partial charge in [-0.25, -0.2) is 0 Å². The summed E-state index contributed by atoms with van der Waals surface area (Å²) >= 11 is 0. The molecule has 0 spiro atoms. The second-order valence-corrected chi connectivity index (χ2v) is 3.83. The van der Waals surface area contributed by atoms with Crippen LogP contribution in [0.3, 0.4) is 0 Å². The third-order valence-electron chi connectivity index (χ3n) is 2.78. The van der Waals surface area contributed by atoms with E-state index in [9.17, 15) is 0 Å². The van der Waals surface area contributed by atoms with Gasteiger partial charge in [0.2, 0.25) is 0 Å². The van der Waals surface area contributed by atoms with Gasteiger partial charge in [0, 0.05) is 12.6 Å². The molecule has 1 aliphatic rings. The highest BCUT2D eigenvalue weighted by molar-refractivity contribution is 5.66. The second-order valence-electron chi connectivity index (χ2n) is 3.83. The third-order valence-corrected chi connectivity index (χ3v) is 2.78. The summed E-state index contributed by atoms with van der Waals surface area (Å²) in [5.74, 6) is 0.728. The molecule has 1 aliphatic heterocycles. The molecule has 1 atom stereocenters. The first-order valence-electron chi connectivity index (χ1n) is 5.39. The standard InChI is InChI=1S/C12H15N3O/c1-16-11-4-2-3-9(7-13)12(11)15-10-5-6-14-8-10/h2-4,10,14-15H,5-6,8H2,1H3. The predicted octanol–water partition coefficient (Wildman–Crippen LogP) is 1.34. The quantitative estimate of drug-likeness (QED) is 0.802. The molecule has 1 fully saturated rings. The lowest BCUT2D eigenvalue weighted by atomic mass is 10.1. The Hall–Kier alpha value is -1.73. The van der Waals surface area contributed by atoms with Crippen molar-refractivity contribution >= 4 is 5.69 Å². The van der Waals surface area contributed by atoms with Crippen molar-refractivity contribution in [3.63, 3.8) is 0 Å². The molecule has 1 aromatic carbocycles. The van der Waals surface area contributed by atoms with E-state index in [2.05, 4.69) is 16.7 Å². The van der Waals surface area contributed by atoms with Crippen molar-refractivity contribution in [2.75, 3.05) is 25.5 Å². The van der Waals surface area contributed by atoms with Crippen molar-refractivity contribution in [2.24, 2.45) is 0 Å². The maximum atomic E-state index is 9.05. The molecule has 1 heterocycles. The minimum absolute atomic E-state index is 0.378. The van der Waals surface area contributed by atoms with Gasteiger partial charge in [-0.2, -0.15) is 5.26 Å². The molecule has 0 radical (unpaired) electrons. The molecule has 16 heavy (non-hydrogen) atoms. The van der Waals surface area contributed by atoms with E-state index in [4.69, 9.17) is 10.00 Å². The number of nitrogens with zero attached hydrogens (tertiary/aromatic N) is 1. The Morgan fingerprint density at radius 2 is 2.44 bits per heavy atom. The Kier molecular flexibility index (Phi) is 3.28. The number of hydrogen-bond acceptors (Lipinski definition) is 4. The Morgan fingerprint density at radius 1 is 1.56 bits per heavy atom. The Labute approximate surface area is 95.2 Å². The molecule has 84 valence electrons. The van der Waals surface area contributed by atoms with E-state index in [1.54, 1.807) is 13.2 Å². The van der Waals surface area contributed by atoms with Crippen LogP contribution in [0.15, 0.2) is 18.2 Å². The summed E-state index contributed by atoms with van der Waals surface area (Å²) in [6, 6.07) is 8.05. The molecule has 1 saturated heterocycles. The van der Waals surface area contributed by atoms with Crippen LogP contribution in [0.2, 0.25) is 0 Å². The minimum Gasteiger partial charge on any atom is -0.495 e. The minimum atomic E-state index is 0.378. The molecule has 4 nitrogen and oxygen atoms in total.